The Bertz CT molecular complexity index is 300. The van der Waals surface area contributed by atoms with Gasteiger partial charge in [-0.15, -0.1) is 0 Å². The van der Waals surface area contributed by atoms with Gasteiger partial charge in [0.2, 0.25) is 5.91 Å². The van der Waals surface area contributed by atoms with Crippen LogP contribution in [0.25, 0.3) is 0 Å². The average molecular weight is 254 g/mol. The highest BCUT2D eigenvalue weighted by Crippen LogP contribution is 2.33. The Hall–Kier alpha value is -0.610. The van der Waals surface area contributed by atoms with E-state index in [0.29, 0.717) is 12.5 Å². The Morgan fingerprint density at radius 2 is 2.06 bits per heavy atom. The minimum Gasteiger partial charge on any atom is -0.389 e. The Morgan fingerprint density at radius 3 is 2.67 bits per heavy atom. The van der Waals surface area contributed by atoms with Crippen LogP contribution in [0.5, 0.6) is 0 Å². The molecule has 0 aromatic heterocycles. The molecule has 1 aliphatic heterocycles. The van der Waals surface area contributed by atoms with Gasteiger partial charge in [-0.05, 0) is 39.3 Å². The molecule has 0 aromatic carbocycles. The predicted molar refractivity (Wildman–Crippen MR) is 71.3 cm³/mol. The molecular formula is C14H26N2O2. The first-order chi connectivity index (χ1) is 8.50. The first kappa shape index (κ1) is 13.8. The van der Waals surface area contributed by atoms with Crippen molar-refractivity contribution in [3.8, 4) is 0 Å². The smallest absolute Gasteiger partial charge is 0.225 e. The highest BCUT2D eigenvalue weighted by atomic mass is 16.3. The highest BCUT2D eigenvalue weighted by molar-refractivity contribution is 5.77. The summed E-state index contributed by atoms with van der Waals surface area (Å²) in [5.74, 6) is 0.111. The van der Waals surface area contributed by atoms with E-state index in [4.69, 9.17) is 0 Å². The molecule has 1 heterocycles. The molecular weight excluding hydrogens is 228 g/mol. The number of carbonyl (C=O) groups excluding carboxylic acids is 1. The number of likely N-dealkylation sites (tertiary alicyclic amines) is 1. The van der Waals surface area contributed by atoms with Gasteiger partial charge in [0.05, 0.1) is 12.0 Å². The molecule has 2 aliphatic rings. The summed E-state index contributed by atoms with van der Waals surface area (Å²) < 4.78 is 0. The van der Waals surface area contributed by atoms with Crippen LogP contribution in [-0.4, -0.2) is 59.6 Å². The lowest BCUT2D eigenvalue weighted by molar-refractivity contribution is -0.138. The van der Waals surface area contributed by atoms with Crippen LogP contribution in [0.4, 0.5) is 0 Å². The van der Waals surface area contributed by atoms with Crippen LogP contribution in [0.1, 0.15) is 44.9 Å². The van der Waals surface area contributed by atoms with Gasteiger partial charge < -0.3 is 14.9 Å². The fourth-order valence-electron chi connectivity index (χ4n) is 3.28. The Labute approximate surface area is 110 Å². The summed E-state index contributed by atoms with van der Waals surface area (Å²) in [4.78, 5) is 16.4. The molecule has 1 aliphatic carbocycles. The summed E-state index contributed by atoms with van der Waals surface area (Å²) in [7, 11) is 4.00. The van der Waals surface area contributed by atoms with Crippen molar-refractivity contribution in [1.29, 1.82) is 0 Å². The molecule has 2 rings (SSSR count). The van der Waals surface area contributed by atoms with Crippen LogP contribution in [0.3, 0.4) is 0 Å². The van der Waals surface area contributed by atoms with E-state index in [0.717, 1.165) is 51.6 Å². The molecule has 1 atom stereocenters. The zero-order valence-electron chi connectivity index (χ0n) is 11.7. The molecule has 0 aromatic rings. The lowest BCUT2D eigenvalue weighted by Crippen LogP contribution is -2.48. The van der Waals surface area contributed by atoms with E-state index in [9.17, 15) is 9.90 Å². The van der Waals surface area contributed by atoms with Gasteiger partial charge in [0.1, 0.15) is 0 Å². The van der Waals surface area contributed by atoms with Gasteiger partial charge in [-0.1, -0.05) is 12.8 Å². The molecule has 2 fully saturated rings. The number of amides is 1. The second-order valence-corrected chi connectivity index (χ2v) is 6.17. The molecule has 0 radical (unpaired) electrons. The number of carbonyl (C=O) groups is 1. The fourth-order valence-corrected chi connectivity index (χ4v) is 3.28. The third kappa shape index (κ3) is 3.23. The number of piperidine rings is 1. The maximum absolute atomic E-state index is 12.3. The van der Waals surface area contributed by atoms with Gasteiger partial charge in [-0.25, -0.2) is 0 Å². The van der Waals surface area contributed by atoms with Gasteiger partial charge in [-0.3, -0.25) is 4.79 Å². The van der Waals surface area contributed by atoms with Crippen LogP contribution in [0.15, 0.2) is 0 Å². The van der Waals surface area contributed by atoms with Crippen molar-refractivity contribution < 1.29 is 9.90 Å². The van der Waals surface area contributed by atoms with E-state index in [1.165, 1.54) is 0 Å². The van der Waals surface area contributed by atoms with Crippen molar-refractivity contribution in [3.63, 3.8) is 0 Å². The van der Waals surface area contributed by atoms with E-state index >= 15 is 0 Å². The van der Waals surface area contributed by atoms with Crippen molar-refractivity contribution in [2.45, 2.75) is 56.6 Å². The summed E-state index contributed by atoms with van der Waals surface area (Å²) in [5, 5.41) is 10.3. The summed E-state index contributed by atoms with van der Waals surface area (Å²) in [6, 6.07) is 0.321. The van der Waals surface area contributed by atoms with Gasteiger partial charge in [0.25, 0.3) is 0 Å². The third-order valence-corrected chi connectivity index (χ3v) is 4.56. The summed E-state index contributed by atoms with van der Waals surface area (Å²) in [6.45, 7) is 2.09. The SMILES string of the molecule is CN1CCCC(N(C)C(=O)CC2(O)CCCC2)C1. The van der Waals surface area contributed by atoms with Crippen molar-refractivity contribution in [2.24, 2.45) is 0 Å². The Kier molecular flexibility index (Phi) is 4.28. The zero-order chi connectivity index (χ0) is 13.2. The van der Waals surface area contributed by atoms with E-state index in [2.05, 4.69) is 11.9 Å². The quantitative estimate of drug-likeness (QED) is 0.824. The molecule has 1 unspecified atom stereocenters. The monoisotopic (exact) mass is 254 g/mol. The molecule has 1 saturated heterocycles. The van der Waals surface area contributed by atoms with E-state index in [1.807, 2.05) is 11.9 Å². The van der Waals surface area contributed by atoms with E-state index in [-0.39, 0.29) is 5.91 Å². The summed E-state index contributed by atoms with van der Waals surface area (Å²) in [5.41, 5.74) is -0.716. The van der Waals surface area contributed by atoms with Crippen LogP contribution in [0, 0.1) is 0 Å². The highest BCUT2D eigenvalue weighted by Gasteiger charge is 2.35. The predicted octanol–water partition coefficient (Wildman–Crippen LogP) is 1.23. The molecule has 4 nitrogen and oxygen atoms in total. The number of likely N-dealkylation sites (N-methyl/N-ethyl adjacent to an activating group) is 2. The fraction of sp³-hybridized carbons (Fsp3) is 0.929. The standard InChI is InChI=1S/C14H26N2O2/c1-15-9-5-6-12(11-15)16(2)13(17)10-14(18)7-3-4-8-14/h12,18H,3-11H2,1-2H3. The Balaban J connectivity index is 1.87. The molecule has 1 saturated carbocycles. The second kappa shape index (κ2) is 5.57. The van der Waals surface area contributed by atoms with Gasteiger partial charge in [0, 0.05) is 19.6 Å². The van der Waals surface area contributed by atoms with Crippen molar-refractivity contribution in [1.82, 2.24) is 9.80 Å². The number of hydrogen-bond donors (Lipinski definition) is 1. The van der Waals surface area contributed by atoms with Crippen LogP contribution < -0.4 is 0 Å². The largest absolute Gasteiger partial charge is 0.389 e. The first-order valence-electron chi connectivity index (χ1n) is 7.17. The van der Waals surface area contributed by atoms with Crippen molar-refractivity contribution in [2.75, 3.05) is 27.2 Å². The van der Waals surface area contributed by atoms with Gasteiger partial charge in [0.15, 0.2) is 0 Å². The normalized spacial score (nSPS) is 28.3. The second-order valence-electron chi connectivity index (χ2n) is 6.17. The number of hydrogen-bond acceptors (Lipinski definition) is 3. The Morgan fingerprint density at radius 1 is 1.39 bits per heavy atom. The maximum Gasteiger partial charge on any atom is 0.225 e. The molecule has 0 bridgehead atoms. The van der Waals surface area contributed by atoms with Gasteiger partial charge in [-0.2, -0.15) is 0 Å². The minimum absolute atomic E-state index is 0.111. The molecule has 1 N–H and O–H groups in total. The van der Waals surface area contributed by atoms with Crippen molar-refractivity contribution in [3.05, 3.63) is 0 Å². The van der Waals surface area contributed by atoms with Crippen LogP contribution in [0.2, 0.25) is 0 Å². The topological polar surface area (TPSA) is 43.8 Å². The maximum atomic E-state index is 12.3. The van der Waals surface area contributed by atoms with Crippen LogP contribution in [-0.2, 0) is 4.79 Å². The summed E-state index contributed by atoms with van der Waals surface area (Å²) in [6.07, 6.45) is 6.24. The molecule has 0 spiro atoms. The van der Waals surface area contributed by atoms with Crippen LogP contribution >= 0.6 is 0 Å². The average Bonchev–Trinajstić information content (AvgIpc) is 2.74. The minimum atomic E-state index is -0.716. The molecule has 104 valence electrons. The van der Waals surface area contributed by atoms with E-state index in [1.54, 1.807) is 0 Å². The van der Waals surface area contributed by atoms with Crippen molar-refractivity contribution >= 4 is 5.91 Å². The molecule has 18 heavy (non-hydrogen) atoms. The number of aliphatic hydroxyl groups is 1. The van der Waals surface area contributed by atoms with Gasteiger partial charge >= 0.3 is 0 Å². The van der Waals surface area contributed by atoms with E-state index < -0.39 is 5.60 Å². The zero-order valence-corrected chi connectivity index (χ0v) is 11.7. The third-order valence-electron chi connectivity index (χ3n) is 4.56. The lowest BCUT2D eigenvalue weighted by atomic mass is 9.96. The molecule has 4 heteroatoms. The lowest BCUT2D eigenvalue weighted by Gasteiger charge is -2.37. The molecule has 1 amide bonds. The summed E-state index contributed by atoms with van der Waals surface area (Å²) >= 11 is 0. The number of nitrogens with zero attached hydrogens (tertiary/aromatic N) is 2. The number of rotatable bonds is 3. The first-order valence-corrected chi connectivity index (χ1v) is 7.17.